The van der Waals surface area contributed by atoms with Gasteiger partial charge in [0, 0.05) is 33.6 Å². The molecule has 28 heavy (non-hydrogen) atoms. The van der Waals surface area contributed by atoms with E-state index in [1.165, 1.54) is 10.8 Å². The Morgan fingerprint density at radius 2 is 1.36 bits per heavy atom. The number of aromatic nitrogens is 4. The average molecular weight is 360 g/mol. The first-order chi connectivity index (χ1) is 13.9. The number of para-hydroxylation sites is 3. The molecule has 3 aromatic carbocycles. The Labute approximate surface area is 160 Å². The molecule has 6 aromatic rings. The van der Waals surface area contributed by atoms with Gasteiger partial charge in [0.15, 0.2) is 0 Å². The SMILES string of the molecule is c1ccc2[nH]c(-c3ccc(-c4nccc5c4[nH]c4ccccc45)cc3)nc2c1. The standard InChI is InChI=1S/C24H16N4/c1-2-6-19-17(5-1)18-13-14-25-22(23(18)26-19)15-9-11-16(12-10-15)24-27-20-7-3-4-8-21(20)28-24/h1-14,26H,(H,27,28). The summed E-state index contributed by atoms with van der Waals surface area (Å²) in [4.78, 5) is 16.3. The number of nitrogens with one attached hydrogen (secondary N) is 2. The molecule has 3 aromatic heterocycles. The van der Waals surface area contributed by atoms with Gasteiger partial charge in [-0.1, -0.05) is 54.6 Å². The smallest absolute Gasteiger partial charge is 0.138 e. The van der Waals surface area contributed by atoms with Crippen molar-refractivity contribution in [3.05, 3.63) is 85.1 Å². The molecule has 132 valence electrons. The molecule has 0 aliphatic carbocycles. The number of nitrogens with zero attached hydrogens (tertiary/aromatic N) is 2. The van der Waals surface area contributed by atoms with Crippen LogP contribution < -0.4 is 0 Å². The molecule has 4 heteroatoms. The molecule has 0 aliphatic rings. The minimum Gasteiger partial charge on any atom is -0.353 e. The van der Waals surface area contributed by atoms with Crippen molar-refractivity contribution < 1.29 is 0 Å². The lowest BCUT2D eigenvalue weighted by atomic mass is 10.1. The number of benzene rings is 3. The van der Waals surface area contributed by atoms with Gasteiger partial charge in [0.05, 0.1) is 22.2 Å². The van der Waals surface area contributed by atoms with E-state index in [0.717, 1.165) is 44.7 Å². The third-order valence-electron chi connectivity index (χ3n) is 5.25. The maximum absolute atomic E-state index is 4.69. The highest BCUT2D eigenvalue weighted by molar-refractivity contribution is 6.10. The number of pyridine rings is 1. The molecular formula is C24H16N4. The predicted molar refractivity (Wildman–Crippen MR) is 114 cm³/mol. The predicted octanol–water partition coefficient (Wildman–Crippen LogP) is 5.93. The van der Waals surface area contributed by atoms with E-state index in [1.54, 1.807) is 0 Å². The second-order valence-electron chi connectivity index (χ2n) is 6.93. The summed E-state index contributed by atoms with van der Waals surface area (Å²) < 4.78 is 0. The summed E-state index contributed by atoms with van der Waals surface area (Å²) in [7, 11) is 0. The van der Waals surface area contributed by atoms with Crippen LogP contribution in [-0.4, -0.2) is 19.9 Å². The zero-order chi connectivity index (χ0) is 18.5. The summed E-state index contributed by atoms with van der Waals surface area (Å²) in [5, 5.41) is 2.42. The average Bonchev–Trinajstić information content (AvgIpc) is 3.35. The number of hydrogen-bond acceptors (Lipinski definition) is 2. The maximum Gasteiger partial charge on any atom is 0.138 e. The van der Waals surface area contributed by atoms with Crippen LogP contribution in [0.15, 0.2) is 85.1 Å². The van der Waals surface area contributed by atoms with Crippen molar-refractivity contribution in [1.82, 2.24) is 19.9 Å². The molecule has 0 amide bonds. The minimum absolute atomic E-state index is 0.879. The van der Waals surface area contributed by atoms with E-state index in [4.69, 9.17) is 0 Å². The largest absolute Gasteiger partial charge is 0.353 e. The fraction of sp³-hybridized carbons (Fsp3) is 0. The molecule has 0 radical (unpaired) electrons. The fourth-order valence-corrected chi connectivity index (χ4v) is 3.87. The van der Waals surface area contributed by atoms with Crippen LogP contribution in [0.2, 0.25) is 0 Å². The molecule has 0 saturated carbocycles. The van der Waals surface area contributed by atoms with E-state index >= 15 is 0 Å². The first-order valence-corrected chi connectivity index (χ1v) is 9.28. The molecule has 0 bridgehead atoms. The van der Waals surface area contributed by atoms with Crippen LogP contribution in [-0.2, 0) is 0 Å². The molecule has 4 nitrogen and oxygen atoms in total. The van der Waals surface area contributed by atoms with Crippen molar-refractivity contribution in [1.29, 1.82) is 0 Å². The Morgan fingerprint density at radius 1 is 0.607 bits per heavy atom. The number of hydrogen-bond donors (Lipinski definition) is 2. The van der Waals surface area contributed by atoms with E-state index in [1.807, 2.05) is 36.5 Å². The van der Waals surface area contributed by atoms with Crippen LogP contribution in [0.1, 0.15) is 0 Å². The van der Waals surface area contributed by atoms with Crippen molar-refractivity contribution in [2.24, 2.45) is 0 Å². The van der Waals surface area contributed by atoms with Gasteiger partial charge in [0.2, 0.25) is 0 Å². The molecule has 0 saturated heterocycles. The highest BCUT2D eigenvalue weighted by Crippen LogP contribution is 2.32. The molecular weight excluding hydrogens is 344 g/mol. The second kappa shape index (κ2) is 5.79. The Balaban J connectivity index is 1.47. The van der Waals surface area contributed by atoms with Crippen molar-refractivity contribution in [2.45, 2.75) is 0 Å². The Kier molecular flexibility index (Phi) is 3.14. The lowest BCUT2D eigenvalue weighted by molar-refractivity contribution is 1.32. The third kappa shape index (κ3) is 2.25. The van der Waals surface area contributed by atoms with Gasteiger partial charge >= 0.3 is 0 Å². The number of imidazole rings is 1. The zero-order valence-electron chi connectivity index (χ0n) is 15.0. The van der Waals surface area contributed by atoms with Gasteiger partial charge in [-0.05, 0) is 24.3 Å². The monoisotopic (exact) mass is 360 g/mol. The number of rotatable bonds is 2. The van der Waals surface area contributed by atoms with Crippen LogP contribution in [0.3, 0.4) is 0 Å². The second-order valence-corrected chi connectivity index (χ2v) is 6.93. The summed E-state index contributed by atoms with van der Waals surface area (Å²) in [6, 6.07) is 26.9. The number of fused-ring (bicyclic) bond motifs is 4. The normalized spacial score (nSPS) is 11.6. The van der Waals surface area contributed by atoms with Crippen molar-refractivity contribution in [3.8, 4) is 22.6 Å². The Bertz CT molecular complexity index is 1420. The van der Waals surface area contributed by atoms with E-state index in [-0.39, 0.29) is 0 Å². The third-order valence-corrected chi connectivity index (χ3v) is 5.25. The van der Waals surface area contributed by atoms with E-state index < -0.39 is 0 Å². The van der Waals surface area contributed by atoms with Crippen LogP contribution in [0, 0.1) is 0 Å². The molecule has 0 spiro atoms. The van der Waals surface area contributed by atoms with Crippen molar-refractivity contribution >= 4 is 32.8 Å². The van der Waals surface area contributed by atoms with Gasteiger partial charge in [-0.15, -0.1) is 0 Å². The van der Waals surface area contributed by atoms with Gasteiger partial charge in [-0.3, -0.25) is 4.98 Å². The summed E-state index contributed by atoms with van der Waals surface area (Å²) in [6.45, 7) is 0. The topological polar surface area (TPSA) is 57.4 Å². The van der Waals surface area contributed by atoms with Crippen LogP contribution in [0.4, 0.5) is 0 Å². The first kappa shape index (κ1) is 15.2. The first-order valence-electron chi connectivity index (χ1n) is 9.28. The maximum atomic E-state index is 4.69. The summed E-state index contributed by atoms with van der Waals surface area (Å²) in [5.74, 6) is 0.879. The van der Waals surface area contributed by atoms with Crippen LogP contribution in [0.5, 0.6) is 0 Å². The molecule has 0 unspecified atom stereocenters. The van der Waals surface area contributed by atoms with Gasteiger partial charge in [0.25, 0.3) is 0 Å². The molecule has 3 heterocycles. The van der Waals surface area contributed by atoms with Crippen LogP contribution >= 0.6 is 0 Å². The van der Waals surface area contributed by atoms with Crippen molar-refractivity contribution in [3.63, 3.8) is 0 Å². The summed E-state index contributed by atoms with van der Waals surface area (Å²) >= 11 is 0. The summed E-state index contributed by atoms with van der Waals surface area (Å²) in [5.41, 5.74) is 7.33. The lowest BCUT2D eigenvalue weighted by Crippen LogP contribution is -1.86. The zero-order valence-corrected chi connectivity index (χ0v) is 15.0. The van der Waals surface area contributed by atoms with E-state index in [9.17, 15) is 0 Å². The number of H-pyrrole nitrogens is 2. The Hall–Kier alpha value is -3.92. The van der Waals surface area contributed by atoms with Gasteiger partial charge in [-0.25, -0.2) is 4.98 Å². The lowest BCUT2D eigenvalue weighted by Gasteiger charge is -2.04. The highest BCUT2D eigenvalue weighted by Gasteiger charge is 2.11. The van der Waals surface area contributed by atoms with Crippen LogP contribution in [0.25, 0.3) is 55.5 Å². The molecule has 0 fully saturated rings. The van der Waals surface area contributed by atoms with E-state index in [2.05, 4.69) is 68.5 Å². The summed E-state index contributed by atoms with van der Waals surface area (Å²) in [6.07, 6.45) is 1.88. The molecule has 0 aliphatic heterocycles. The molecule has 2 N–H and O–H groups in total. The molecule has 0 atom stereocenters. The minimum atomic E-state index is 0.879. The Morgan fingerprint density at radius 3 is 2.21 bits per heavy atom. The van der Waals surface area contributed by atoms with Gasteiger partial charge in [0.1, 0.15) is 5.82 Å². The highest BCUT2D eigenvalue weighted by atomic mass is 14.9. The number of aromatic amines is 2. The van der Waals surface area contributed by atoms with Gasteiger partial charge < -0.3 is 9.97 Å². The quantitative estimate of drug-likeness (QED) is 0.402. The molecule has 6 rings (SSSR count). The fourth-order valence-electron chi connectivity index (χ4n) is 3.87. The van der Waals surface area contributed by atoms with Crippen molar-refractivity contribution in [2.75, 3.05) is 0 Å². The van der Waals surface area contributed by atoms with Gasteiger partial charge in [-0.2, -0.15) is 0 Å². The van der Waals surface area contributed by atoms with E-state index in [0.29, 0.717) is 0 Å².